The van der Waals surface area contributed by atoms with Gasteiger partial charge in [0, 0.05) is 5.71 Å². The van der Waals surface area contributed by atoms with Gasteiger partial charge in [-0.1, -0.05) is 11.6 Å². The van der Waals surface area contributed by atoms with Crippen molar-refractivity contribution >= 4 is 28.9 Å². The summed E-state index contributed by atoms with van der Waals surface area (Å²) in [5.41, 5.74) is 3.83. The zero-order chi connectivity index (χ0) is 9.42. The van der Waals surface area contributed by atoms with Gasteiger partial charge in [0.2, 0.25) is 0 Å². The Bertz CT molecular complexity index is 320. The molecule has 0 aromatic rings. The third-order valence-corrected chi connectivity index (χ3v) is 2.23. The van der Waals surface area contributed by atoms with Crippen LogP contribution < -0.4 is 5.53 Å². The lowest BCUT2D eigenvalue weighted by Crippen LogP contribution is -2.39. The molecule has 0 spiro atoms. The zero-order valence-corrected chi connectivity index (χ0v) is 8.47. The number of nitrogens with zero attached hydrogens (tertiary/aromatic N) is 3. The van der Waals surface area contributed by atoms with Gasteiger partial charge in [0.05, 0.1) is 6.20 Å². The molecule has 13 heavy (non-hydrogen) atoms. The summed E-state index contributed by atoms with van der Waals surface area (Å²) in [7, 11) is 0. The normalized spacial score (nSPS) is 21.0. The Hall–Kier alpha value is -0.710. The average Bonchev–Trinajstić information content (AvgIpc) is 2.47. The van der Waals surface area contributed by atoms with Crippen molar-refractivity contribution in [2.45, 2.75) is 6.92 Å². The molecule has 0 unspecified atom stereocenters. The van der Waals surface area contributed by atoms with Crippen LogP contribution in [0.25, 0.3) is 0 Å². The molecule has 0 radical (unpaired) electrons. The molecule has 2 heterocycles. The van der Waals surface area contributed by atoms with Gasteiger partial charge in [0.25, 0.3) is 0 Å². The minimum absolute atomic E-state index is 0.346. The Balaban J connectivity index is 2.29. The van der Waals surface area contributed by atoms with Crippen LogP contribution >= 0.6 is 23.2 Å². The number of rotatable bonds is 1. The second kappa shape index (κ2) is 3.21. The summed E-state index contributed by atoms with van der Waals surface area (Å²) in [6.07, 6.45) is 3.58. The van der Waals surface area contributed by atoms with Gasteiger partial charge in [0.15, 0.2) is 5.82 Å². The highest BCUT2D eigenvalue weighted by molar-refractivity contribution is 6.31. The number of halogens is 2. The maximum absolute atomic E-state index is 5.97. The number of nitrogens with one attached hydrogen (secondary N) is 1. The van der Waals surface area contributed by atoms with Gasteiger partial charge in [-0.05, 0) is 13.0 Å². The first-order valence-corrected chi connectivity index (χ1v) is 4.65. The molecule has 0 aromatic heterocycles. The highest BCUT2D eigenvalue weighted by atomic mass is 35.5. The predicted octanol–water partition coefficient (Wildman–Crippen LogP) is 1.57. The SMILES string of the molecule is CC1=NC2=CN(CCl)NN2C(Cl)=C1. The summed E-state index contributed by atoms with van der Waals surface area (Å²) in [6.45, 7) is 1.89. The molecule has 2 aliphatic rings. The van der Waals surface area contributed by atoms with E-state index in [9.17, 15) is 0 Å². The molecule has 6 heteroatoms. The van der Waals surface area contributed by atoms with Crippen LogP contribution in [0.4, 0.5) is 0 Å². The molecular weight excluding hydrogens is 211 g/mol. The van der Waals surface area contributed by atoms with Gasteiger partial charge >= 0.3 is 0 Å². The highest BCUT2D eigenvalue weighted by Crippen LogP contribution is 2.24. The number of aliphatic imine (C=N–C) groups is 1. The Morgan fingerprint density at radius 1 is 1.62 bits per heavy atom. The van der Waals surface area contributed by atoms with Gasteiger partial charge in [-0.15, -0.1) is 17.1 Å². The number of hydrogen-bond donors (Lipinski definition) is 1. The second-order valence-electron chi connectivity index (χ2n) is 2.73. The van der Waals surface area contributed by atoms with E-state index >= 15 is 0 Å². The van der Waals surface area contributed by atoms with Gasteiger partial charge in [-0.3, -0.25) is 5.01 Å². The van der Waals surface area contributed by atoms with E-state index in [4.69, 9.17) is 23.2 Å². The molecule has 0 aromatic carbocycles. The van der Waals surface area contributed by atoms with Crippen LogP contribution in [-0.2, 0) is 0 Å². The van der Waals surface area contributed by atoms with E-state index in [1.807, 2.05) is 6.92 Å². The molecule has 0 saturated heterocycles. The largest absolute Gasteiger partial charge is 0.279 e. The van der Waals surface area contributed by atoms with Crippen molar-refractivity contribution in [2.24, 2.45) is 4.99 Å². The van der Waals surface area contributed by atoms with Crippen LogP contribution in [0.1, 0.15) is 6.92 Å². The summed E-state index contributed by atoms with van der Waals surface area (Å²) in [5.74, 6) is 0.755. The number of alkyl halides is 1. The van der Waals surface area contributed by atoms with Crippen molar-refractivity contribution < 1.29 is 0 Å². The summed E-state index contributed by atoms with van der Waals surface area (Å²) < 4.78 is 0. The molecular formula is C7H8Cl2N4. The monoisotopic (exact) mass is 218 g/mol. The van der Waals surface area contributed by atoms with Crippen LogP contribution in [-0.4, -0.2) is 21.7 Å². The van der Waals surface area contributed by atoms with E-state index in [2.05, 4.69) is 10.5 Å². The minimum atomic E-state index is 0.346. The van der Waals surface area contributed by atoms with Crippen molar-refractivity contribution in [2.75, 3.05) is 6.00 Å². The number of fused-ring (bicyclic) bond motifs is 1. The van der Waals surface area contributed by atoms with Crippen molar-refractivity contribution in [1.29, 1.82) is 0 Å². The maximum Gasteiger partial charge on any atom is 0.167 e. The van der Waals surface area contributed by atoms with E-state index in [-0.39, 0.29) is 0 Å². The lowest BCUT2D eigenvalue weighted by Gasteiger charge is -2.23. The topological polar surface area (TPSA) is 30.9 Å². The molecule has 0 amide bonds. The molecule has 2 rings (SSSR count). The lowest BCUT2D eigenvalue weighted by atomic mass is 10.3. The van der Waals surface area contributed by atoms with E-state index in [0.29, 0.717) is 11.2 Å². The first-order chi connectivity index (χ1) is 6.20. The number of hydrazine groups is 2. The first-order valence-electron chi connectivity index (χ1n) is 3.74. The van der Waals surface area contributed by atoms with Crippen molar-refractivity contribution in [3.05, 3.63) is 23.3 Å². The van der Waals surface area contributed by atoms with Crippen molar-refractivity contribution in [3.8, 4) is 0 Å². The first kappa shape index (κ1) is 8.87. The fraction of sp³-hybridized carbons (Fsp3) is 0.286. The van der Waals surface area contributed by atoms with E-state index < -0.39 is 0 Å². The molecule has 4 nitrogen and oxygen atoms in total. The van der Waals surface area contributed by atoms with Crippen LogP contribution in [0, 0.1) is 0 Å². The van der Waals surface area contributed by atoms with Gasteiger partial charge in [-0.2, -0.15) is 0 Å². The molecule has 0 fully saturated rings. The minimum Gasteiger partial charge on any atom is -0.279 e. The molecule has 1 N–H and O–H groups in total. The Morgan fingerprint density at radius 3 is 3.08 bits per heavy atom. The third-order valence-electron chi connectivity index (χ3n) is 1.69. The molecule has 0 atom stereocenters. The second-order valence-corrected chi connectivity index (χ2v) is 3.36. The predicted molar refractivity (Wildman–Crippen MR) is 52.7 cm³/mol. The van der Waals surface area contributed by atoms with E-state index in [0.717, 1.165) is 11.5 Å². The van der Waals surface area contributed by atoms with Gasteiger partial charge in [-0.25, -0.2) is 10.0 Å². The zero-order valence-electron chi connectivity index (χ0n) is 6.96. The van der Waals surface area contributed by atoms with Crippen LogP contribution in [0.3, 0.4) is 0 Å². The standard InChI is InChI=1S/C7H8Cl2N4/c1-5-2-6(9)13-7(10-5)3-12(4-8)11-13/h2-3,11H,4H2,1H3. The molecule has 0 aliphatic carbocycles. The smallest absolute Gasteiger partial charge is 0.167 e. The Labute approximate surface area is 86.0 Å². The van der Waals surface area contributed by atoms with Gasteiger partial charge in [0.1, 0.15) is 11.2 Å². The van der Waals surface area contributed by atoms with Crippen molar-refractivity contribution in [1.82, 2.24) is 15.6 Å². The van der Waals surface area contributed by atoms with Crippen LogP contribution in [0.15, 0.2) is 28.2 Å². The molecule has 2 aliphatic heterocycles. The summed E-state index contributed by atoms with van der Waals surface area (Å²) in [6, 6.07) is 0.346. The number of hydrogen-bond acceptors (Lipinski definition) is 4. The summed E-state index contributed by atoms with van der Waals surface area (Å²) >= 11 is 11.6. The molecule has 0 bridgehead atoms. The Morgan fingerprint density at radius 2 is 2.38 bits per heavy atom. The summed E-state index contributed by atoms with van der Waals surface area (Å²) in [4.78, 5) is 4.27. The fourth-order valence-electron chi connectivity index (χ4n) is 1.15. The van der Waals surface area contributed by atoms with Crippen molar-refractivity contribution in [3.63, 3.8) is 0 Å². The fourth-order valence-corrected chi connectivity index (χ4v) is 1.56. The third kappa shape index (κ3) is 1.52. The van der Waals surface area contributed by atoms with Crippen LogP contribution in [0.2, 0.25) is 0 Å². The summed E-state index contributed by atoms with van der Waals surface area (Å²) in [5, 5.41) is 3.94. The molecule has 70 valence electrons. The quantitative estimate of drug-likeness (QED) is 0.536. The Kier molecular flexibility index (Phi) is 2.19. The van der Waals surface area contributed by atoms with E-state index in [1.54, 1.807) is 22.3 Å². The average molecular weight is 219 g/mol. The molecule has 0 saturated carbocycles. The lowest BCUT2D eigenvalue weighted by molar-refractivity contribution is 0.189. The highest BCUT2D eigenvalue weighted by Gasteiger charge is 2.24. The number of allylic oxidation sites excluding steroid dienone is 1. The maximum atomic E-state index is 5.97. The van der Waals surface area contributed by atoms with Crippen LogP contribution in [0.5, 0.6) is 0 Å². The van der Waals surface area contributed by atoms with E-state index in [1.165, 1.54) is 0 Å². The van der Waals surface area contributed by atoms with Gasteiger partial charge < -0.3 is 0 Å².